The van der Waals surface area contributed by atoms with Crippen molar-refractivity contribution in [2.24, 2.45) is 5.92 Å². The lowest BCUT2D eigenvalue weighted by atomic mass is 10.0. The van der Waals surface area contributed by atoms with E-state index in [1.54, 1.807) is 5.32 Å². The third-order valence-corrected chi connectivity index (χ3v) is 1.95. The van der Waals surface area contributed by atoms with Gasteiger partial charge in [0.05, 0.1) is 5.92 Å². The maximum absolute atomic E-state index is 12.4. The van der Waals surface area contributed by atoms with Gasteiger partial charge in [-0.05, 0) is 20.8 Å². The Morgan fingerprint density at radius 2 is 1.67 bits per heavy atom. The van der Waals surface area contributed by atoms with E-state index in [2.05, 4.69) is 0 Å². The third kappa shape index (κ3) is 5.74. The Morgan fingerprint density at radius 3 is 1.94 bits per heavy atom. The molecule has 1 amide bonds. The zero-order valence-electron chi connectivity index (χ0n) is 10.5. The fourth-order valence-electron chi connectivity index (χ4n) is 1.02. The number of aliphatic carboxylic acids is 1. The zero-order valence-corrected chi connectivity index (χ0v) is 10.5. The molecule has 0 aromatic carbocycles. The molecule has 0 bridgehead atoms. The summed E-state index contributed by atoms with van der Waals surface area (Å²) < 4.78 is 41.9. The van der Waals surface area contributed by atoms with Crippen LogP contribution in [0.4, 0.5) is 18.0 Å². The molecule has 0 aliphatic heterocycles. The first-order valence-electron chi connectivity index (χ1n) is 5.13. The molecule has 0 saturated carbocycles. The summed E-state index contributed by atoms with van der Waals surface area (Å²) >= 11 is 0. The number of carbonyl (C=O) groups is 2. The summed E-state index contributed by atoms with van der Waals surface area (Å²) in [5.74, 6) is -3.99. The first-order valence-corrected chi connectivity index (χ1v) is 5.13. The molecule has 0 spiro atoms. The zero-order chi connectivity index (χ0) is 14.7. The Balaban J connectivity index is 4.76. The molecule has 0 aromatic heterocycles. The minimum Gasteiger partial charge on any atom is -0.480 e. The fraction of sp³-hybridized carbons (Fsp3) is 0.800. The van der Waals surface area contributed by atoms with Gasteiger partial charge in [0.15, 0.2) is 0 Å². The Bertz CT molecular complexity index is 322. The van der Waals surface area contributed by atoms with Crippen molar-refractivity contribution in [1.82, 2.24) is 5.32 Å². The largest absolute Gasteiger partial charge is 0.480 e. The van der Waals surface area contributed by atoms with Crippen molar-refractivity contribution in [3.05, 3.63) is 0 Å². The highest BCUT2D eigenvalue weighted by atomic mass is 19.4. The Hall–Kier alpha value is -1.47. The highest BCUT2D eigenvalue weighted by Crippen LogP contribution is 2.28. The van der Waals surface area contributed by atoms with Crippen LogP contribution in [-0.2, 0) is 9.53 Å². The lowest BCUT2D eigenvalue weighted by molar-refractivity contribution is -0.184. The van der Waals surface area contributed by atoms with Crippen molar-refractivity contribution in [2.45, 2.75) is 45.5 Å². The van der Waals surface area contributed by atoms with E-state index in [1.165, 1.54) is 20.8 Å². The van der Waals surface area contributed by atoms with E-state index in [0.29, 0.717) is 6.92 Å². The van der Waals surface area contributed by atoms with Crippen LogP contribution in [0.5, 0.6) is 0 Å². The van der Waals surface area contributed by atoms with E-state index in [0.717, 1.165) is 0 Å². The van der Waals surface area contributed by atoms with E-state index in [9.17, 15) is 22.8 Å². The molecule has 0 unspecified atom stereocenters. The van der Waals surface area contributed by atoms with Gasteiger partial charge >= 0.3 is 18.2 Å². The van der Waals surface area contributed by atoms with Gasteiger partial charge < -0.3 is 15.2 Å². The van der Waals surface area contributed by atoms with E-state index in [-0.39, 0.29) is 0 Å². The molecule has 0 rings (SSSR count). The number of alkyl carbamates (subject to hydrolysis) is 1. The maximum Gasteiger partial charge on any atom is 0.408 e. The van der Waals surface area contributed by atoms with Crippen LogP contribution in [0.1, 0.15) is 27.7 Å². The summed E-state index contributed by atoms with van der Waals surface area (Å²) in [6, 6.07) is -2.08. The first-order chi connectivity index (χ1) is 7.84. The summed E-state index contributed by atoms with van der Waals surface area (Å²) in [6.07, 6.45) is -5.93. The molecule has 0 heterocycles. The lowest BCUT2D eigenvalue weighted by Crippen LogP contribution is -2.50. The SMILES string of the molecule is C[C@H]([C@H](NC(=O)OC(C)(C)C)C(=O)O)C(F)(F)F. The summed E-state index contributed by atoms with van der Waals surface area (Å²) in [7, 11) is 0. The Morgan fingerprint density at radius 1 is 1.22 bits per heavy atom. The van der Waals surface area contributed by atoms with Crippen molar-refractivity contribution in [2.75, 3.05) is 0 Å². The van der Waals surface area contributed by atoms with Crippen molar-refractivity contribution < 1.29 is 32.6 Å². The molecule has 0 aromatic rings. The molecule has 0 aliphatic carbocycles. The van der Waals surface area contributed by atoms with Crippen LogP contribution in [0.25, 0.3) is 0 Å². The van der Waals surface area contributed by atoms with Gasteiger partial charge in [-0.2, -0.15) is 13.2 Å². The minimum atomic E-state index is -4.72. The van der Waals surface area contributed by atoms with Gasteiger partial charge in [-0.3, -0.25) is 0 Å². The molecule has 8 heteroatoms. The highest BCUT2D eigenvalue weighted by Gasteiger charge is 2.45. The number of carboxylic acids is 1. The predicted octanol–water partition coefficient (Wildman–Crippen LogP) is 2.16. The number of alkyl halides is 3. The average molecular weight is 271 g/mol. The van der Waals surface area contributed by atoms with Crippen LogP contribution in [0.2, 0.25) is 0 Å². The van der Waals surface area contributed by atoms with Crippen LogP contribution in [0.3, 0.4) is 0 Å². The van der Waals surface area contributed by atoms with Gasteiger partial charge in [0.1, 0.15) is 11.6 Å². The number of nitrogens with one attached hydrogen (secondary N) is 1. The second-order valence-electron chi connectivity index (χ2n) is 4.79. The molecule has 2 atom stereocenters. The molecule has 106 valence electrons. The molecule has 0 saturated heterocycles. The third-order valence-electron chi connectivity index (χ3n) is 1.95. The second kappa shape index (κ2) is 5.45. The molecule has 0 aliphatic rings. The van der Waals surface area contributed by atoms with Gasteiger partial charge in [0.25, 0.3) is 0 Å². The average Bonchev–Trinajstić information content (AvgIpc) is 2.08. The van der Waals surface area contributed by atoms with E-state index >= 15 is 0 Å². The minimum absolute atomic E-state index is 0.677. The molecular formula is C10H16F3NO4. The number of halogens is 3. The van der Waals surface area contributed by atoms with Crippen molar-refractivity contribution >= 4 is 12.1 Å². The predicted molar refractivity (Wildman–Crippen MR) is 56.0 cm³/mol. The van der Waals surface area contributed by atoms with Crippen LogP contribution in [0, 0.1) is 5.92 Å². The van der Waals surface area contributed by atoms with Crippen LogP contribution in [0.15, 0.2) is 0 Å². The number of rotatable bonds is 3. The number of amides is 1. The fourth-order valence-corrected chi connectivity index (χ4v) is 1.02. The smallest absolute Gasteiger partial charge is 0.408 e. The van der Waals surface area contributed by atoms with Gasteiger partial charge in [-0.15, -0.1) is 0 Å². The van der Waals surface area contributed by atoms with Gasteiger partial charge in [0, 0.05) is 0 Å². The molecule has 5 nitrogen and oxygen atoms in total. The number of hydrogen-bond acceptors (Lipinski definition) is 3. The normalized spacial score (nSPS) is 15.7. The summed E-state index contributed by atoms with van der Waals surface area (Å²) in [6.45, 7) is 5.21. The summed E-state index contributed by atoms with van der Waals surface area (Å²) in [5, 5.41) is 10.4. The molecule has 0 radical (unpaired) electrons. The highest BCUT2D eigenvalue weighted by molar-refractivity contribution is 5.80. The maximum atomic E-state index is 12.4. The molecular weight excluding hydrogens is 255 g/mol. The van der Waals surface area contributed by atoms with Crippen molar-refractivity contribution in [3.8, 4) is 0 Å². The molecule has 2 N–H and O–H groups in total. The molecule has 0 fully saturated rings. The van der Waals surface area contributed by atoms with E-state index in [1.807, 2.05) is 0 Å². The van der Waals surface area contributed by atoms with Crippen LogP contribution in [-0.4, -0.2) is 35.0 Å². The summed E-state index contributed by atoms with van der Waals surface area (Å²) in [4.78, 5) is 22.0. The monoisotopic (exact) mass is 271 g/mol. The standard InChI is InChI=1S/C10H16F3NO4/c1-5(10(11,12)13)6(7(15)16)14-8(17)18-9(2,3)4/h5-6H,1-4H3,(H,14,17)(H,15,16)/t5-,6+/m1/s1. The Labute approximate surface area is 102 Å². The van der Waals surface area contributed by atoms with Crippen molar-refractivity contribution in [3.63, 3.8) is 0 Å². The van der Waals surface area contributed by atoms with Gasteiger partial charge in [-0.25, -0.2) is 9.59 Å². The quantitative estimate of drug-likeness (QED) is 0.824. The summed E-state index contributed by atoms with van der Waals surface area (Å²) in [5.41, 5.74) is -0.922. The molecule has 18 heavy (non-hydrogen) atoms. The number of carboxylic acid groups (broad SMARTS) is 1. The van der Waals surface area contributed by atoms with Crippen molar-refractivity contribution in [1.29, 1.82) is 0 Å². The van der Waals surface area contributed by atoms with Crippen LogP contribution >= 0.6 is 0 Å². The van der Waals surface area contributed by atoms with E-state index in [4.69, 9.17) is 9.84 Å². The van der Waals surface area contributed by atoms with Gasteiger partial charge in [0.2, 0.25) is 0 Å². The van der Waals surface area contributed by atoms with Crippen LogP contribution < -0.4 is 5.32 Å². The van der Waals surface area contributed by atoms with Gasteiger partial charge in [-0.1, -0.05) is 6.92 Å². The number of hydrogen-bond donors (Lipinski definition) is 2. The van der Waals surface area contributed by atoms with E-state index < -0.39 is 35.8 Å². The number of carbonyl (C=O) groups excluding carboxylic acids is 1. The Kier molecular flexibility index (Phi) is 5.00. The topological polar surface area (TPSA) is 75.6 Å². The number of ether oxygens (including phenoxy) is 1. The lowest BCUT2D eigenvalue weighted by Gasteiger charge is -2.25. The second-order valence-corrected chi connectivity index (χ2v) is 4.79. The first kappa shape index (κ1) is 16.5.